The van der Waals surface area contributed by atoms with Crippen molar-refractivity contribution >= 4 is 29.1 Å². The molecule has 0 unspecified atom stereocenters. The van der Waals surface area contributed by atoms with Crippen LogP contribution < -0.4 is 0 Å². The molecule has 0 aliphatic carbocycles. The van der Waals surface area contributed by atoms with Gasteiger partial charge in [-0.05, 0) is 18.2 Å². The van der Waals surface area contributed by atoms with Gasteiger partial charge in [-0.2, -0.15) is 9.78 Å². The van der Waals surface area contributed by atoms with Crippen molar-refractivity contribution in [3.05, 3.63) is 64.4 Å². The Labute approximate surface area is 142 Å². The lowest BCUT2D eigenvalue weighted by molar-refractivity contribution is 0.0923. The van der Waals surface area contributed by atoms with E-state index < -0.39 is 5.82 Å². The average molecular weight is 349 g/mol. The number of hydrogen-bond donors (Lipinski definition) is 0. The maximum absolute atomic E-state index is 13.7. The molecule has 3 rings (SSSR count). The lowest BCUT2D eigenvalue weighted by Gasteiger charge is -2.02. The quantitative estimate of drug-likeness (QED) is 0.587. The van der Waals surface area contributed by atoms with Gasteiger partial charge in [-0.25, -0.2) is 4.39 Å². The first-order valence-corrected chi connectivity index (χ1v) is 7.54. The fourth-order valence-electron chi connectivity index (χ4n) is 2.29. The first-order valence-electron chi connectivity index (χ1n) is 6.78. The van der Waals surface area contributed by atoms with E-state index in [1.807, 2.05) is 30.3 Å². The highest BCUT2D eigenvalue weighted by atomic mass is 35.5. The van der Waals surface area contributed by atoms with Crippen LogP contribution in [0.25, 0.3) is 22.5 Å². The summed E-state index contributed by atoms with van der Waals surface area (Å²) < 4.78 is 15.0. The fraction of sp³-hybridized carbons (Fsp3) is 0.0588. The summed E-state index contributed by atoms with van der Waals surface area (Å²) in [6.07, 6.45) is 0. The lowest BCUT2D eigenvalue weighted by Crippen LogP contribution is -2.09. The number of carbonyl (C=O) groups is 1. The number of halogens is 3. The molecule has 0 saturated heterocycles. The molecule has 0 N–H and O–H groups in total. The van der Waals surface area contributed by atoms with Gasteiger partial charge >= 0.3 is 0 Å². The first kappa shape index (κ1) is 15.7. The highest BCUT2D eigenvalue weighted by molar-refractivity contribution is 6.36. The second-order valence-corrected chi connectivity index (χ2v) is 5.77. The van der Waals surface area contributed by atoms with E-state index in [-0.39, 0.29) is 16.0 Å². The van der Waals surface area contributed by atoms with Gasteiger partial charge in [0.15, 0.2) is 0 Å². The van der Waals surface area contributed by atoms with E-state index in [0.29, 0.717) is 17.0 Å². The van der Waals surface area contributed by atoms with Crippen LogP contribution in [0.4, 0.5) is 4.39 Å². The molecule has 0 spiro atoms. The van der Waals surface area contributed by atoms with E-state index in [9.17, 15) is 9.18 Å². The Hall–Kier alpha value is -2.17. The number of hydrogen-bond acceptors (Lipinski definition) is 2. The standard InChI is InChI=1S/C17H11Cl2FN2O/c1-10(23)22-17(11-5-3-2-4-6-11)9-16(21-22)12-7-15(20)14(19)8-13(12)18/h2-9H,1H3. The number of rotatable bonds is 2. The molecular formula is C17H11Cl2FN2O. The van der Waals surface area contributed by atoms with Crippen molar-refractivity contribution in [3.63, 3.8) is 0 Å². The van der Waals surface area contributed by atoms with Crippen LogP contribution in [0.15, 0.2) is 48.5 Å². The second kappa shape index (κ2) is 6.14. The van der Waals surface area contributed by atoms with Crippen LogP contribution in [-0.2, 0) is 0 Å². The molecule has 0 saturated carbocycles. The Morgan fingerprint density at radius 2 is 1.78 bits per heavy atom. The predicted molar refractivity (Wildman–Crippen MR) is 89.4 cm³/mol. The van der Waals surface area contributed by atoms with E-state index >= 15 is 0 Å². The molecule has 0 aliphatic heterocycles. The lowest BCUT2D eigenvalue weighted by atomic mass is 10.1. The Bertz CT molecular complexity index is 891. The van der Waals surface area contributed by atoms with Crippen molar-refractivity contribution in [2.24, 2.45) is 0 Å². The molecule has 0 amide bonds. The van der Waals surface area contributed by atoms with E-state index in [4.69, 9.17) is 23.2 Å². The Kier molecular flexibility index (Phi) is 4.20. The molecule has 1 aromatic heterocycles. The summed E-state index contributed by atoms with van der Waals surface area (Å²) in [6, 6.07) is 13.6. The minimum Gasteiger partial charge on any atom is -0.273 e. The van der Waals surface area contributed by atoms with Crippen molar-refractivity contribution in [2.45, 2.75) is 6.92 Å². The third kappa shape index (κ3) is 3.00. The van der Waals surface area contributed by atoms with Crippen LogP contribution >= 0.6 is 23.2 Å². The maximum atomic E-state index is 13.7. The topological polar surface area (TPSA) is 34.9 Å². The van der Waals surface area contributed by atoms with Crippen LogP contribution in [0.1, 0.15) is 11.7 Å². The number of carbonyl (C=O) groups excluding carboxylic acids is 1. The smallest absolute Gasteiger partial charge is 0.244 e. The van der Waals surface area contributed by atoms with Gasteiger partial charge < -0.3 is 0 Å². The van der Waals surface area contributed by atoms with Crippen molar-refractivity contribution < 1.29 is 9.18 Å². The molecule has 0 bridgehead atoms. The van der Waals surface area contributed by atoms with Gasteiger partial charge in [-0.15, -0.1) is 0 Å². The normalized spacial score (nSPS) is 10.8. The molecule has 3 aromatic rings. The zero-order valence-corrected chi connectivity index (χ0v) is 13.6. The van der Waals surface area contributed by atoms with Crippen molar-refractivity contribution in [3.8, 4) is 22.5 Å². The summed E-state index contributed by atoms with van der Waals surface area (Å²) in [5.74, 6) is -0.842. The second-order valence-electron chi connectivity index (χ2n) is 4.96. The molecule has 1 heterocycles. The van der Waals surface area contributed by atoms with Crippen LogP contribution in [0.2, 0.25) is 10.0 Å². The molecule has 0 fully saturated rings. The Morgan fingerprint density at radius 1 is 1.09 bits per heavy atom. The Morgan fingerprint density at radius 3 is 2.43 bits per heavy atom. The van der Waals surface area contributed by atoms with Gasteiger partial charge in [-0.1, -0.05) is 53.5 Å². The zero-order valence-electron chi connectivity index (χ0n) is 12.1. The summed E-state index contributed by atoms with van der Waals surface area (Å²) in [7, 11) is 0. The highest BCUT2D eigenvalue weighted by Crippen LogP contribution is 2.33. The molecule has 23 heavy (non-hydrogen) atoms. The summed E-state index contributed by atoms with van der Waals surface area (Å²) >= 11 is 11.9. The van der Waals surface area contributed by atoms with E-state index in [0.717, 1.165) is 5.56 Å². The summed E-state index contributed by atoms with van der Waals surface area (Å²) in [5.41, 5.74) is 2.22. The van der Waals surface area contributed by atoms with E-state index in [1.165, 1.54) is 23.7 Å². The third-order valence-electron chi connectivity index (χ3n) is 3.36. The van der Waals surface area contributed by atoms with E-state index in [2.05, 4.69) is 5.10 Å². The van der Waals surface area contributed by atoms with Crippen molar-refractivity contribution in [1.29, 1.82) is 0 Å². The monoisotopic (exact) mass is 348 g/mol. The third-order valence-corrected chi connectivity index (χ3v) is 3.97. The SMILES string of the molecule is CC(=O)n1nc(-c2cc(F)c(Cl)cc2Cl)cc1-c1ccccc1. The highest BCUT2D eigenvalue weighted by Gasteiger charge is 2.17. The number of nitrogens with zero attached hydrogens (tertiary/aromatic N) is 2. The summed E-state index contributed by atoms with van der Waals surface area (Å²) in [4.78, 5) is 11.9. The van der Waals surface area contributed by atoms with Crippen LogP contribution in [-0.4, -0.2) is 15.7 Å². The molecule has 6 heteroatoms. The van der Waals surface area contributed by atoms with Gasteiger partial charge in [0.25, 0.3) is 0 Å². The molecule has 0 radical (unpaired) electrons. The van der Waals surface area contributed by atoms with Gasteiger partial charge in [0, 0.05) is 18.1 Å². The molecule has 116 valence electrons. The number of benzene rings is 2. The fourth-order valence-corrected chi connectivity index (χ4v) is 2.77. The summed E-state index contributed by atoms with van der Waals surface area (Å²) in [5, 5.41) is 4.47. The molecule has 0 atom stereocenters. The first-order chi connectivity index (χ1) is 11.0. The molecule has 2 aromatic carbocycles. The van der Waals surface area contributed by atoms with Crippen molar-refractivity contribution in [2.75, 3.05) is 0 Å². The maximum Gasteiger partial charge on any atom is 0.244 e. The van der Waals surface area contributed by atoms with Crippen LogP contribution in [0.3, 0.4) is 0 Å². The minimum atomic E-state index is -0.593. The molecule has 3 nitrogen and oxygen atoms in total. The number of aromatic nitrogens is 2. The largest absolute Gasteiger partial charge is 0.273 e. The average Bonchev–Trinajstić information content (AvgIpc) is 2.97. The van der Waals surface area contributed by atoms with Crippen molar-refractivity contribution in [1.82, 2.24) is 9.78 Å². The molecule has 0 aliphatic rings. The van der Waals surface area contributed by atoms with Gasteiger partial charge in [0.05, 0.1) is 21.4 Å². The van der Waals surface area contributed by atoms with Gasteiger partial charge in [0.2, 0.25) is 5.91 Å². The zero-order chi connectivity index (χ0) is 16.6. The minimum absolute atomic E-state index is 0.0620. The van der Waals surface area contributed by atoms with Gasteiger partial charge in [-0.3, -0.25) is 4.79 Å². The van der Waals surface area contributed by atoms with Crippen LogP contribution in [0.5, 0.6) is 0 Å². The molecular weight excluding hydrogens is 338 g/mol. The predicted octanol–water partition coefficient (Wildman–Crippen LogP) is 5.32. The Balaban J connectivity index is 2.20. The van der Waals surface area contributed by atoms with Crippen LogP contribution in [0, 0.1) is 5.82 Å². The summed E-state index contributed by atoms with van der Waals surface area (Å²) in [6.45, 7) is 1.41. The van der Waals surface area contributed by atoms with E-state index in [1.54, 1.807) is 6.07 Å². The van der Waals surface area contributed by atoms with Gasteiger partial charge in [0.1, 0.15) is 5.82 Å².